The molecule has 8 heteroatoms. The first-order valence-electron chi connectivity index (χ1n) is 10.2. The molecule has 0 unspecified atom stereocenters. The number of benzene rings is 2. The van der Waals surface area contributed by atoms with Gasteiger partial charge in [0.25, 0.3) is 5.91 Å². The van der Waals surface area contributed by atoms with Crippen LogP contribution in [-0.2, 0) is 6.18 Å². The second kappa shape index (κ2) is 9.36. The maximum Gasteiger partial charge on any atom is 0.416 e. The molecular weight excluding hydrogens is 423 g/mol. The molecule has 4 nitrogen and oxygen atoms in total. The molecule has 1 heterocycles. The van der Waals surface area contributed by atoms with Gasteiger partial charge in [0.05, 0.1) is 15.8 Å². The normalized spacial score (nSPS) is 12.0. The highest BCUT2D eigenvalue weighted by molar-refractivity contribution is 7.22. The Hall–Kier alpha value is -2.45. The number of carbonyl (C=O) groups is 1. The van der Waals surface area contributed by atoms with E-state index < -0.39 is 17.6 Å². The lowest BCUT2D eigenvalue weighted by molar-refractivity contribution is -0.137. The number of hydrogen-bond acceptors (Lipinski definition) is 4. The Morgan fingerprint density at radius 3 is 2.35 bits per heavy atom. The van der Waals surface area contributed by atoms with Crippen molar-refractivity contribution in [3.05, 3.63) is 58.7 Å². The molecule has 0 aliphatic carbocycles. The van der Waals surface area contributed by atoms with E-state index in [4.69, 9.17) is 0 Å². The van der Waals surface area contributed by atoms with Crippen molar-refractivity contribution >= 4 is 32.6 Å². The highest BCUT2D eigenvalue weighted by Gasteiger charge is 2.32. The molecule has 1 amide bonds. The SMILES string of the molecule is CCN(CC)CCN(C(=O)c1cccc(C(F)(F)F)c1)c1nc2cc(C)c(C)cc2s1. The Balaban J connectivity index is 2.01. The second-order valence-electron chi connectivity index (χ2n) is 7.46. The number of thiazole rings is 1. The van der Waals surface area contributed by atoms with Gasteiger partial charge in [-0.15, -0.1) is 0 Å². The summed E-state index contributed by atoms with van der Waals surface area (Å²) in [5, 5.41) is 0.495. The van der Waals surface area contributed by atoms with Gasteiger partial charge >= 0.3 is 6.18 Å². The average molecular weight is 450 g/mol. The number of hydrogen-bond donors (Lipinski definition) is 0. The van der Waals surface area contributed by atoms with Crippen molar-refractivity contribution in [2.45, 2.75) is 33.9 Å². The van der Waals surface area contributed by atoms with E-state index in [9.17, 15) is 18.0 Å². The maximum absolute atomic E-state index is 13.3. The highest BCUT2D eigenvalue weighted by atomic mass is 32.1. The summed E-state index contributed by atoms with van der Waals surface area (Å²) in [5.74, 6) is -0.481. The van der Waals surface area contributed by atoms with E-state index >= 15 is 0 Å². The van der Waals surface area contributed by atoms with Crippen LogP contribution in [0.2, 0.25) is 0 Å². The van der Waals surface area contributed by atoms with Crippen LogP contribution in [0.4, 0.5) is 18.3 Å². The fourth-order valence-corrected chi connectivity index (χ4v) is 4.40. The van der Waals surface area contributed by atoms with Crippen LogP contribution in [-0.4, -0.2) is 42.0 Å². The number of rotatable bonds is 7. The highest BCUT2D eigenvalue weighted by Crippen LogP contribution is 2.33. The van der Waals surface area contributed by atoms with E-state index in [-0.39, 0.29) is 5.56 Å². The van der Waals surface area contributed by atoms with Crippen LogP contribution in [0.1, 0.15) is 40.9 Å². The Bertz CT molecular complexity index is 1030. The van der Waals surface area contributed by atoms with Gasteiger partial charge < -0.3 is 4.90 Å². The molecular formula is C23H26F3N3OS. The monoisotopic (exact) mass is 449 g/mol. The minimum Gasteiger partial charge on any atom is -0.302 e. The molecule has 2 aromatic carbocycles. The Kier molecular flexibility index (Phi) is 7.01. The zero-order valence-corrected chi connectivity index (χ0v) is 18.9. The van der Waals surface area contributed by atoms with Gasteiger partial charge in [0.2, 0.25) is 0 Å². The molecule has 1 aromatic heterocycles. The number of carbonyl (C=O) groups excluding carboxylic acids is 1. The van der Waals surface area contributed by atoms with Gasteiger partial charge in [-0.25, -0.2) is 4.98 Å². The third-order valence-electron chi connectivity index (χ3n) is 5.44. The number of alkyl halides is 3. The minimum atomic E-state index is -4.51. The predicted molar refractivity (Wildman–Crippen MR) is 120 cm³/mol. The number of fused-ring (bicyclic) bond motifs is 1. The third kappa shape index (κ3) is 5.25. The van der Waals surface area contributed by atoms with Gasteiger partial charge in [-0.3, -0.25) is 9.69 Å². The summed E-state index contributed by atoms with van der Waals surface area (Å²) >= 11 is 1.38. The summed E-state index contributed by atoms with van der Waals surface area (Å²) in [4.78, 5) is 21.6. The summed E-state index contributed by atoms with van der Waals surface area (Å²) in [6.45, 7) is 10.7. The molecule has 0 radical (unpaired) electrons. The molecule has 0 aliphatic rings. The molecule has 0 saturated carbocycles. The number of anilines is 1. The lowest BCUT2D eigenvalue weighted by Crippen LogP contribution is -2.39. The summed E-state index contributed by atoms with van der Waals surface area (Å²) in [6.07, 6.45) is -4.51. The number of likely N-dealkylation sites (N-methyl/N-ethyl adjacent to an activating group) is 1. The topological polar surface area (TPSA) is 36.4 Å². The fraction of sp³-hybridized carbons (Fsp3) is 0.391. The first kappa shape index (κ1) is 23.2. The quantitative estimate of drug-likeness (QED) is 0.449. The van der Waals surface area contributed by atoms with E-state index in [0.29, 0.717) is 18.2 Å². The Morgan fingerprint density at radius 2 is 1.71 bits per heavy atom. The van der Waals surface area contributed by atoms with Crippen LogP contribution >= 0.6 is 11.3 Å². The number of aryl methyl sites for hydroxylation is 2. The van der Waals surface area contributed by atoms with Crippen molar-refractivity contribution < 1.29 is 18.0 Å². The fourth-order valence-electron chi connectivity index (χ4n) is 3.33. The lowest BCUT2D eigenvalue weighted by Gasteiger charge is -2.25. The predicted octanol–water partition coefficient (Wildman–Crippen LogP) is 5.92. The van der Waals surface area contributed by atoms with E-state index in [2.05, 4.69) is 9.88 Å². The van der Waals surface area contributed by atoms with Crippen molar-refractivity contribution in [3.8, 4) is 0 Å². The van der Waals surface area contributed by atoms with Crippen molar-refractivity contribution in [2.75, 3.05) is 31.1 Å². The summed E-state index contributed by atoms with van der Waals surface area (Å²) in [6, 6.07) is 8.58. The standard InChI is InChI=1S/C23H26F3N3OS/c1-5-28(6-2)10-11-29(21(30)17-8-7-9-18(14-17)23(24,25)26)22-27-19-12-15(3)16(4)13-20(19)31-22/h7-9,12-14H,5-6,10-11H2,1-4H3. The van der Waals surface area contributed by atoms with Gasteiger partial charge in [0.15, 0.2) is 5.13 Å². The van der Waals surface area contributed by atoms with Crippen LogP contribution in [0.15, 0.2) is 36.4 Å². The van der Waals surface area contributed by atoms with E-state index in [1.165, 1.54) is 28.4 Å². The van der Waals surface area contributed by atoms with Crippen LogP contribution in [0.3, 0.4) is 0 Å². The third-order valence-corrected chi connectivity index (χ3v) is 6.48. The number of amides is 1. The van der Waals surface area contributed by atoms with Crippen LogP contribution < -0.4 is 4.90 Å². The van der Waals surface area contributed by atoms with Gasteiger partial charge in [-0.2, -0.15) is 13.2 Å². The molecule has 0 aliphatic heterocycles. The second-order valence-corrected chi connectivity index (χ2v) is 8.47. The molecule has 3 aromatic rings. The zero-order valence-electron chi connectivity index (χ0n) is 18.1. The molecule has 166 valence electrons. The molecule has 0 saturated heterocycles. The largest absolute Gasteiger partial charge is 0.416 e. The van der Waals surface area contributed by atoms with Gasteiger partial charge in [0, 0.05) is 18.7 Å². The number of halogens is 3. The van der Waals surface area contributed by atoms with Gasteiger partial charge in [-0.05, 0) is 68.4 Å². The van der Waals surface area contributed by atoms with Gasteiger partial charge in [-0.1, -0.05) is 31.3 Å². The number of aromatic nitrogens is 1. The molecule has 0 N–H and O–H groups in total. The van der Waals surface area contributed by atoms with Gasteiger partial charge in [0.1, 0.15) is 0 Å². The van der Waals surface area contributed by atoms with E-state index in [1.54, 1.807) is 0 Å². The number of nitrogens with zero attached hydrogens (tertiary/aromatic N) is 3. The zero-order chi connectivity index (χ0) is 22.8. The smallest absolute Gasteiger partial charge is 0.302 e. The molecule has 3 rings (SSSR count). The van der Waals surface area contributed by atoms with Crippen LogP contribution in [0, 0.1) is 13.8 Å². The van der Waals surface area contributed by atoms with Crippen LogP contribution in [0.5, 0.6) is 0 Å². The molecule has 31 heavy (non-hydrogen) atoms. The summed E-state index contributed by atoms with van der Waals surface area (Å²) in [5.41, 5.74) is 2.18. The first-order chi connectivity index (χ1) is 14.6. The molecule has 0 fully saturated rings. The van der Waals surface area contributed by atoms with Crippen molar-refractivity contribution in [2.24, 2.45) is 0 Å². The molecule has 0 bridgehead atoms. The average Bonchev–Trinajstić information content (AvgIpc) is 3.13. The van der Waals surface area contributed by atoms with E-state index in [0.717, 1.165) is 46.6 Å². The molecule has 0 atom stereocenters. The maximum atomic E-state index is 13.3. The summed E-state index contributed by atoms with van der Waals surface area (Å²) < 4.78 is 40.5. The Morgan fingerprint density at radius 1 is 1.03 bits per heavy atom. The van der Waals surface area contributed by atoms with Crippen LogP contribution in [0.25, 0.3) is 10.2 Å². The molecule has 0 spiro atoms. The Labute approximate surface area is 184 Å². The van der Waals surface area contributed by atoms with Crippen molar-refractivity contribution in [3.63, 3.8) is 0 Å². The first-order valence-corrected chi connectivity index (χ1v) is 11.0. The van der Waals surface area contributed by atoms with E-state index in [1.807, 2.05) is 39.8 Å². The minimum absolute atomic E-state index is 0.000916. The van der Waals surface area contributed by atoms with Crippen molar-refractivity contribution in [1.29, 1.82) is 0 Å². The summed E-state index contributed by atoms with van der Waals surface area (Å²) in [7, 11) is 0. The lowest BCUT2D eigenvalue weighted by atomic mass is 10.1. The van der Waals surface area contributed by atoms with Crippen molar-refractivity contribution in [1.82, 2.24) is 9.88 Å².